The Labute approximate surface area is 168 Å². The van der Waals surface area contributed by atoms with E-state index < -0.39 is 0 Å². The molecule has 4 rings (SSSR count). The number of carbonyl (C=O) groups excluding carboxylic acids is 1. The highest BCUT2D eigenvalue weighted by Crippen LogP contribution is 2.34. The van der Waals surface area contributed by atoms with E-state index in [2.05, 4.69) is 28.5 Å². The van der Waals surface area contributed by atoms with E-state index in [9.17, 15) is 4.79 Å². The van der Waals surface area contributed by atoms with Gasteiger partial charge in [0.1, 0.15) is 29.7 Å². The Balaban J connectivity index is 1.77. The third-order valence-electron chi connectivity index (χ3n) is 4.85. The van der Waals surface area contributed by atoms with Crippen molar-refractivity contribution in [3.05, 3.63) is 35.8 Å². The number of imidazole rings is 1. The summed E-state index contributed by atoms with van der Waals surface area (Å²) in [6.07, 6.45) is 1.98. The maximum atomic E-state index is 12.4. The molecule has 0 saturated carbocycles. The Bertz CT molecular complexity index is 1070. The van der Waals surface area contributed by atoms with Crippen LogP contribution in [0.4, 0.5) is 0 Å². The van der Waals surface area contributed by atoms with Gasteiger partial charge in [-0.25, -0.2) is 19.7 Å². The smallest absolute Gasteiger partial charge is 0.277 e. The highest BCUT2D eigenvalue weighted by atomic mass is 16.7. The lowest BCUT2D eigenvalue weighted by Gasteiger charge is -2.15. The summed E-state index contributed by atoms with van der Waals surface area (Å²) in [5.74, 6) is 2.62. The predicted octanol–water partition coefficient (Wildman–Crippen LogP) is 2.72. The zero-order chi connectivity index (χ0) is 20.7. The summed E-state index contributed by atoms with van der Waals surface area (Å²) >= 11 is 0. The third-order valence-corrected chi connectivity index (χ3v) is 4.85. The van der Waals surface area contributed by atoms with Crippen molar-refractivity contribution in [3.8, 4) is 28.7 Å². The average molecular weight is 396 g/mol. The van der Waals surface area contributed by atoms with Gasteiger partial charge < -0.3 is 9.30 Å². The van der Waals surface area contributed by atoms with Crippen LogP contribution in [-0.4, -0.2) is 56.1 Å². The van der Waals surface area contributed by atoms with Crippen LogP contribution >= 0.6 is 0 Å². The summed E-state index contributed by atoms with van der Waals surface area (Å²) in [4.78, 5) is 26.8. The topological polar surface area (TPSA) is 87.3 Å². The van der Waals surface area contributed by atoms with Crippen molar-refractivity contribution >= 4 is 5.91 Å². The molecular weight excluding hydrogens is 372 g/mol. The SMILES string of the molecule is CON(C)C(=O)c1ccc2c(c1)OCCn1cc(-c3nc(C)nn3C(C)C)nc1-2. The zero-order valence-corrected chi connectivity index (χ0v) is 17.2. The van der Waals surface area contributed by atoms with Gasteiger partial charge in [-0.2, -0.15) is 5.10 Å². The van der Waals surface area contributed by atoms with Crippen LogP contribution in [0.5, 0.6) is 5.75 Å². The Morgan fingerprint density at radius 2 is 2.07 bits per heavy atom. The van der Waals surface area contributed by atoms with Gasteiger partial charge in [0, 0.05) is 24.8 Å². The highest BCUT2D eigenvalue weighted by molar-refractivity contribution is 5.94. The zero-order valence-electron chi connectivity index (χ0n) is 17.2. The van der Waals surface area contributed by atoms with E-state index in [-0.39, 0.29) is 11.9 Å². The molecule has 1 aliphatic rings. The molecule has 0 spiro atoms. The fourth-order valence-electron chi connectivity index (χ4n) is 3.35. The fourth-order valence-corrected chi connectivity index (χ4v) is 3.35. The molecule has 2 aromatic heterocycles. The van der Waals surface area contributed by atoms with Gasteiger partial charge in [0.15, 0.2) is 5.82 Å². The largest absolute Gasteiger partial charge is 0.491 e. The Morgan fingerprint density at radius 3 is 2.79 bits per heavy atom. The van der Waals surface area contributed by atoms with E-state index in [0.29, 0.717) is 30.3 Å². The number of hydroxylamine groups is 2. The first-order valence-electron chi connectivity index (χ1n) is 9.49. The molecule has 0 radical (unpaired) electrons. The van der Waals surface area contributed by atoms with E-state index in [1.807, 2.05) is 23.9 Å². The summed E-state index contributed by atoms with van der Waals surface area (Å²) in [5, 5.41) is 5.67. The van der Waals surface area contributed by atoms with Gasteiger partial charge in [-0.1, -0.05) is 0 Å². The first-order valence-corrected chi connectivity index (χ1v) is 9.49. The predicted molar refractivity (Wildman–Crippen MR) is 106 cm³/mol. The van der Waals surface area contributed by atoms with Crippen LogP contribution in [0, 0.1) is 6.92 Å². The number of benzene rings is 1. The quantitative estimate of drug-likeness (QED) is 0.630. The summed E-state index contributed by atoms with van der Waals surface area (Å²) in [7, 11) is 3.02. The maximum Gasteiger partial charge on any atom is 0.277 e. The highest BCUT2D eigenvalue weighted by Gasteiger charge is 2.23. The minimum atomic E-state index is -0.243. The lowest BCUT2D eigenvalue weighted by Crippen LogP contribution is -2.25. The summed E-state index contributed by atoms with van der Waals surface area (Å²) in [6, 6.07) is 5.52. The standard InChI is InChI=1S/C20H24N6O3/c1-12(2)26-19(21-13(3)23-26)16-11-25-8-9-29-17-10-14(20(27)24(4)28-5)6-7-15(17)18(25)22-16/h6-7,10-12H,8-9H2,1-5H3. The van der Waals surface area contributed by atoms with Gasteiger partial charge in [0.2, 0.25) is 0 Å². The molecule has 3 aromatic rings. The van der Waals surface area contributed by atoms with Crippen molar-refractivity contribution in [2.75, 3.05) is 20.8 Å². The molecule has 0 saturated heterocycles. The van der Waals surface area contributed by atoms with Gasteiger partial charge >= 0.3 is 0 Å². The van der Waals surface area contributed by atoms with Crippen molar-refractivity contribution in [2.45, 2.75) is 33.4 Å². The number of amides is 1. The molecule has 0 aliphatic carbocycles. The molecule has 0 atom stereocenters. The second-order valence-electron chi connectivity index (χ2n) is 7.21. The first kappa shape index (κ1) is 19.1. The van der Waals surface area contributed by atoms with E-state index in [1.54, 1.807) is 19.2 Å². The van der Waals surface area contributed by atoms with Crippen LogP contribution in [0.25, 0.3) is 22.9 Å². The molecule has 1 amide bonds. The summed E-state index contributed by atoms with van der Waals surface area (Å²) in [6.45, 7) is 7.13. The van der Waals surface area contributed by atoms with Crippen LogP contribution in [0.2, 0.25) is 0 Å². The monoisotopic (exact) mass is 396 g/mol. The number of hydrogen-bond acceptors (Lipinski definition) is 6. The second kappa shape index (κ2) is 7.32. The third kappa shape index (κ3) is 3.38. The summed E-state index contributed by atoms with van der Waals surface area (Å²) in [5.41, 5.74) is 2.09. The number of rotatable bonds is 4. The van der Waals surface area contributed by atoms with Crippen molar-refractivity contribution in [3.63, 3.8) is 0 Å². The lowest BCUT2D eigenvalue weighted by atomic mass is 10.1. The molecule has 0 bridgehead atoms. The first-order chi connectivity index (χ1) is 13.9. The van der Waals surface area contributed by atoms with Gasteiger partial charge in [-0.3, -0.25) is 9.63 Å². The Kier molecular flexibility index (Phi) is 4.83. The van der Waals surface area contributed by atoms with Crippen molar-refractivity contribution in [1.29, 1.82) is 0 Å². The van der Waals surface area contributed by atoms with Crippen molar-refractivity contribution in [1.82, 2.24) is 29.4 Å². The van der Waals surface area contributed by atoms with Crippen LogP contribution in [0.15, 0.2) is 24.4 Å². The van der Waals surface area contributed by atoms with Crippen LogP contribution < -0.4 is 4.74 Å². The molecule has 1 aromatic carbocycles. The van der Waals surface area contributed by atoms with Gasteiger partial charge in [-0.05, 0) is 39.0 Å². The molecule has 29 heavy (non-hydrogen) atoms. The van der Waals surface area contributed by atoms with E-state index in [0.717, 1.165) is 22.9 Å². The van der Waals surface area contributed by atoms with Gasteiger partial charge in [0.05, 0.1) is 19.2 Å². The molecule has 9 heteroatoms. The number of carbonyl (C=O) groups is 1. The minimum absolute atomic E-state index is 0.176. The molecule has 0 unspecified atom stereocenters. The minimum Gasteiger partial charge on any atom is -0.491 e. The molecule has 9 nitrogen and oxygen atoms in total. The molecule has 1 aliphatic heterocycles. The van der Waals surface area contributed by atoms with Gasteiger partial charge in [0.25, 0.3) is 5.91 Å². The van der Waals surface area contributed by atoms with E-state index >= 15 is 0 Å². The lowest BCUT2D eigenvalue weighted by molar-refractivity contribution is -0.0757. The average Bonchev–Trinajstić information content (AvgIpc) is 3.26. The van der Waals surface area contributed by atoms with E-state index in [1.165, 1.54) is 12.2 Å². The van der Waals surface area contributed by atoms with Crippen LogP contribution in [0.1, 0.15) is 36.1 Å². The van der Waals surface area contributed by atoms with E-state index in [4.69, 9.17) is 14.6 Å². The molecule has 0 N–H and O–H groups in total. The van der Waals surface area contributed by atoms with Crippen molar-refractivity contribution < 1.29 is 14.4 Å². The normalized spacial score (nSPS) is 12.9. The summed E-state index contributed by atoms with van der Waals surface area (Å²) < 4.78 is 9.84. The molecule has 152 valence electrons. The molecular formula is C20H24N6O3. The number of hydrogen-bond donors (Lipinski definition) is 0. The number of aromatic nitrogens is 5. The van der Waals surface area contributed by atoms with Crippen molar-refractivity contribution in [2.24, 2.45) is 0 Å². The number of ether oxygens (including phenoxy) is 1. The second-order valence-corrected chi connectivity index (χ2v) is 7.21. The maximum absolute atomic E-state index is 12.4. The van der Waals surface area contributed by atoms with Crippen LogP contribution in [0.3, 0.4) is 0 Å². The Morgan fingerprint density at radius 1 is 1.28 bits per heavy atom. The van der Waals surface area contributed by atoms with Gasteiger partial charge in [-0.15, -0.1) is 0 Å². The number of nitrogens with zero attached hydrogens (tertiary/aromatic N) is 6. The van der Waals surface area contributed by atoms with Crippen LogP contribution in [-0.2, 0) is 11.4 Å². The fraction of sp³-hybridized carbons (Fsp3) is 0.400. The number of fused-ring (bicyclic) bond motifs is 3. The molecule has 3 heterocycles. The molecule has 0 fully saturated rings. The Hall–Kier alpha value is -3.20. The number of aryl methyl sites for hydroxylation is 1.